The van der Waals surface area contributed by atoms with Crippen LogP contribution in [0.5, 0.6) is 11.5 Å². The highest BCUT2D eigenvalue weighted by Gasteiger charge is 2.13. The Labute approximate surface area is 173 Å². The Morgan fingerprint density at radius 1 is 0.889 bits per heavy atom. The van der Waals surface area contributed by atoms with E-state index >= 15 is 0 Å². The van der Waals surface area contributed by atoms with Crippen LogP contribution in [-0.4, -0.2) is 25.2 Å². The van der Waals surface area contributed by atoms with Gasteiger partial charge in [-0.2, -0.15) is 0 Å². The fraction of sp³-hybridized carbons (Fsp3) is 0.222. The third kappa shape index (κ3) is 5.38. The zero-order valence-electron chi connectivity index (χ0n) is 15.2. The smallest absolute Gasteiger partial charge is 0.221 e. The predicted octanol–water partition coefficient (Wildman–Crippen LogP) is 5.09. The molecule has 0 bridgehead atoms. The number of anilines is 3. The van der Waals surface area contributed by atoms with E-state index in [4.69, 9.17) is 44.9 Å². The second-order valence-electron chi connectivity index (χ2n) is 5.59. The number of hydrogen-bond acceptors (Lipinski definition) is 4. The summed E-state index contributed by atoms with van der Waals surface area (Å²) < 4.78 is 10.5. The lowest BCUT2D eigenvalue weighted by atomic mass is 10.1. The quantitative estimate of drug-likeness (QED) is 0.577. The third-order valence-corrected chi connectivity index (χ3v) is 4.41. The second kappa shape index (κ2) is 9.12. The molecule has 27 heavy (non-hydrogen) atoms. The molecule has 0 heterocycles. The number of thiocarbonyl (C=S) groups is 1. The van der Waals surface area contributed by atoms with Crippen LogP contribution >= 0.6 is 35.4 Å². The molecule has 0 unspecified atom stereocenters. The highest BCUT2D eigenvalue weighted by Crippen LogP contribution is 2.36. The van der Waals surface area contributed by atoms with Crippen LogP contribution in [0.15, 0.2) is 24.3 Å². The summed E-state index contributed by atoms with van der Waals surface area (Å²) in [5, 5.41) is 9.89. The van der Waals surface area contributed by atoms with Crippen molar-refractivity contribution < 1.29 is 14.3 Å². The van der Waals surface area contributed by atoms with Crippen LogP contribution in [-0.2, 0) is 4.79 Å². The Balaban J connectivity index is 2.20. The minimum Gasteiger partial charge on any atom is -0.495 e. The van der Waals surface area contributed by atoms with Gasteiger partial charge >= 0.3 is 0 Å². The Hall–Kier alpha value is -2.22. The number of ether oxygens (including phenoxy) is 2. The first kappa shape index (κ1) is 21.1. The molecule has 0 aliphatic rings. The highest BCUT2D eigenvalue weighted by molar-refractivity contribution is 7.80. The fourth-order valence-electron chi connectivity index (χ4n) is 2.34. The van der Waals surface area contributed by atoms with Gasteiger partial charge in [0.15, 0.2) is 5.11 Å². The second-order valence-corrected chi connectivity index (χ2v) is 6.82. The molecule has 0 radical (unpaired) electrons. The van der Waals surface area contributed by atoms with Crippen LogP contribution < -0.4 is 25.4 Å². The summed E-state index contributed by atoms with van der Waals surface area (Å²) in [6.07, 6.45) is 0. The zero-order valence-corrected chi connectivity index (χ0v) is 17.5. The van der Waals surface area contributed by atoms with E-state index in [0.717, 1.165) is 5.56 Å². The van der Waals surface area contributed by atoms with Crippen LogP contribution in [0.1, 0.15) is 12.5 Å². The van der Waals surface area contributed by atoms with Crippen molar-refractivity contribution in [3.63, 3.8) is 0 Å². The molecule has 0 fully saturated rings. The number of amides is 1. The molecular weight excluding hydrogens is 409 g/mol. The highest BCUT2D eigenvalue weighted by atomic mass is 35.5. The molecule has 144 valence electrons. The Kier molecular flexibility index (Phi) is 7.12. The van der Waals surface area contributed by atoms with Gasteiger partial charge in [-0.05, 0) is 42.9 Å². The summed E-state index contributed by atoms with van der Waals surface area (Å²) in [5.74, 6) is 0.837. The van der Waals surface area contributed by atoms with Crippen molar-refractivity contribution in [3.8, 4) is 11.5 Å². The average molecular weight is 428 g/mol. The van der Waals surface area contributed by atoms with E-state index in [1.807, 2.05) is 6.92 Å². The first-order chi connectivity index (χ1) is 12.7. The maximum atomic E-state index is 11.2. The monoisotopic (exact) mass is 427 g/mol. The normalized spacial score (nSPS) is 10.1. The summed E-state index contributed by atoms with van der Waals surface area (Å²) in [7, 11) is 3.06. The van der Waals surface area contributed by atoms with Gasteiger partial charge in [-0.25, -0.2) is 0 Å². The topological polar surface area (TPSA) is 71.6 Å². The van der Waals surface area contributed by atoms with Crippen molar-refractivity contribution in [2.75, 3.05) is 30.2 Å². The molecule has 3 N–H and O–H groups in total. The lowest BCUT2D eigenvalue weighted by Gasteiger charge is -2.17. The van der Waals surface area contributed by atoms with Crippen LogP contribution in [0.2, 0.25) is 10.0 Å². The van der Waals surface area contributed by atoms with E-state index in [9.17, 15) is 4.79 Å². The SMILES string of the molecule is COc1cc(OC)c(NC(=S)Nc2cc(C)c(NC(C)=O)cc2Cl)cc1Cl. The molecule has 0 spiro atoms. The van der Waals surface area contributed by atoms with E-state index in [2.05, 4.69) is 16.0 Å². The fourth-order valence-corrected chi connectivity index (χ4v) is 3.01. The molecule has 0 saturated heterocycles. The number of nitrogens with one attached hydrogen (secondary N) is 3. The van der Waals surface area contributed by atoms with E-state index in [1.54, 1.807) is 24.3 Å². The number of benzene rings is 2. The minimum atomic E-state index is -0.171. The summed E-state index contributed by atoms with van der Waals surface area (Å²) in [6, 6.07) is 6.76. The van der Waals surface area contributed by atoms with Crippen LogP contribution in [0.4, 0.5) is 17.1 Å². The maximum absolute atomic E-state index is 11.2. The van der Waals surface area contributed by atoms with Gasteiger partial charge in [0.2, 0.25) is 5.91 Å². The molecule has 0 aliphatic carbocycles. The van der Waals surface area contributed by atoms with Gasteiger partial charge in [0.25, 0.3) is 0 Å². The molecule has 9 heteroatoms. The van der Waals surface area contributed by atoms with Gasteiger partial charge in [0.05, 0.1) is 35.6 Å². The van der Waals surface area contributed by atoms with E-state index < -0.39 is 0 Å². The van der Waals surface area contributed by atoms with Crippen molar-refractivity contribution in [2.24, 2.45) is 0 Å². The van der Waals surface area contributed by atoms with Gasteiger partial charge in [-0.1, -0.05) is 23.2 Å². The Bertz CT molecular complexity index is 891. The number of carbonyl (C=O) groups is 1. The lowest BCUT2D eigenvalue weighted by molar-refractivity contribution is -0.114. The first-order valence-electron chi connectivity index (χ1n) is 7.82. The van der Waals surface area contributed by atoms with Gasteiger partial charge < -0.3 is 25.4 Å². The molecule has 2 aromatic rings. The Morgan fingerprint density at radius 2 is 1.48 bits per heavy atom. The number of methoxy groups -OCH3 is 2. The van der Waals surface area contributed by atoms with Crippen LogP contribution in [0.3, 0.4) is 0 Å². The molecular formula is C18H19Cl2N3O3S. The van der Waals surface area contributed by atoms with Crippen molar-refractivity contribution in [2.45, 2.75) is 13.8 Å². The summed E-state index contributed by atoms with van der Waals surface area (Å²) in [5.41, 5.74) is 2.65. The van der Waals surface area contributed by atoms with Crippen molar-refractivity contribution in [3.05, 3.63) is 39.9 Å². The number of carbonyl (C=O) groups excluding carboxylic acids is 1. The van der Waals surface area contributed by atoms with Gasteiger partial charge in [0.1, 0.15) is 11.5 Å². The predicted molar refractivity (Wildman–Crippen MR) is 115 cm³/mol. The molecule has 1 amide bonds. The van der Waals surface area contributed by atoms with Crippen molar-refractivity contribution in [1.82, 2.24) is 0 Å². The van der Waals surface area contributed by atoms with Crippen LogP contribution in [0, 0.1) is 6.92 Å². The number of hydrogen-bond donors (Lipinski definition) is 3. The lowest BCUT2D eigenvalue weighted by Crippen LogP contribution is -2.20. The summed E-state index contributed by atoms with van der Waals surface area (Å²) in [4.78, 5) is 11.2. The van der Waals surface area contributed by atoms with Crippen LogP contribution in [0.25, 0.3) is 0 Å². The summed E-state index contributed by atoms with van der Waals surface area (Å²) in [6.45, 7) is 3.29. The van der Waals surface area contributed by atoms with Crippen molar-refractivity contribution in [1.29, 1.82) is 0 Å². The standard InChI is InChI=1S/C18H19Cl2N3O3S/c1-9-5-14(11(19)6-13(9)21-10(2)24)22-18(27)23-15-7-12(20)16(25-3)8-17(15)26-4/h5-8H,1-4H3,(H,21,24)(H2,22,23,27). The summed E-state index contributed by atoms with van der Waals surface area (Å²) >= 11 is 17.8. The molecule has 0 saturated carbocycles. The minimum absolute atomic E-state index is 0.171. The third-order valence-electron chi connectivity index (χ3n) is 3.60. The molecule has 0 aromatic heterocycles. The largest absolute Gasteiger partial charge is 0.495 e. The van der Waals surface area contributed by atoms with E-state index in [1.165, 1.54) is 21.1 Å². The number of halogens is 2. The van der Waals surface area contributed by atoms with E-state index in [0.29, 0.717) is 43.7 Å². The molecule has 2 aromatic carbocycles. The van der Waals surface area contributed by atoms with Gasteiger partial charge in [-0.3, -0.25) is 4.79 Å². The number of rotatable bonds is 5. The zero-order chi connectivity index (χ0) is 20.1. The van der Waals surface area contributed by atoms with Crippen molar-refractivity contribution >= 4 is 63.5 Å². The van der Waals surface area contributed by atoms with Gasteiger partial charge in [0, 0.05) is 18.7 Å². The average Bonchev–Trinajstić information content (AvgIpc) is 2.59. The number of aryl methyl sites for hydroxylation is 1. The molecule has 0 aliphatic heterocycles. The van der Waals surface area contributed by atoms with E-state index in [-0.39, 0.29) is 5.91 Å². The van der Waals surface area contributed by atoms with Gasteiger partial charge in [-0.15, -0.1) is 0 Å². The first-order valence-corrected chi connectivity index (χ1v) is 8.98. The maximum Gasteiger partial charge on any atom is 0.221 e. The molecule has 6 nitrogen and oxygen atoms in total. The molecule has 2 rings (SSSR count). The Morgan fingerprint density at radius 3 is 2.07 bits per heavy atom. The molecule has 0 atom stereocenters.